The van der Waals surface area contributed by atoms with E-state index in [-0.39, 0.29) is 11.8 Å². The molecule has 0 fully saturated rings. The zero-order valence-electron chi connectivity index (χ0n) is 11.1. The number of carbonyl (C=O) groups is 1. The number of halogens is 1. The van der Waals surface area contributed by atoms with Gasteiger partial charge in [-0.05, 0) is 19.1 Å². The molecule has 18 heavy (non-hydrogen) atoms. The van der Waals surface area contributed by atoms with Gasteiger partial charge in [-0.15, -0.1) is 11.6 Å². The van der Waals surface area contributed by atoms with Crippen LogP contribution in [-0.4, -0.2) is 36.9 Å². The SMILES string of the molecule is Cc1ccc(OCCN(C)C(=O)C(C)CCl)cc1. The maximum Gasteiger partial charge on any atom is 0.226 e. The number of amides is 1. The number of likely N-dealkylation sites (N-methyl/N-ethyl adjacent to an activating group) is 1. The number of nitrogens with zero attached hydrogens (tertiary/aromatic N) is 1. The summed E-state index contributed by atoms with van der Waals surface area (Å²) in [5, 5.41) is 0. The molecule has 1 atom stereocenters. The van der Waals surface area contributed by atoms with Crippen LogP contribution in [0, 0.1) is 12.8 Å². The van der Waals surface area contributed by atoms with Gasteiger partial charge in [0.05, 0.1) is 6.54 Å². The highest BCUT2D eigenvalue weighted by Crippen LogP contribution is 2.11. The molecular weight excluding hydrogens is 250 g/mol. The van der Waals surface area contributed by atoms with Crippen molar-refractivity contribution in [1.82, 2.24) is 4.90 Å². The van der Waals surface area contributed by atoms with Gasteiger partial charge in [0.25, 0.3) is 0 Å². The first-order valence-corrected chi connectivity index (χ1v) is 6.58. The van der Waals surface area contributed by atoms with E-state index in [9.17, 15) is 4.79 Å². The van der Waals surface area contributed by atoms with Crippen LogP contribution in [0.3, 0.4) is 0 Å². The summed E-state index contributed by atoms with van der Waals surface area (Å²) < 4.78 is 5.57. The number of aryl methyl sites for hydroxylation is 1. The molecule has 4 heteroatoms. The van der Waals surface area contributed by atoms with Gasteiger partial charge in [0.1, 0.15) is 12.4 Å². The molecule has 0 aromatic heterocycles. The number of alkyl halides is 1. The minimum absolute atomic E-state index is 0.0532. The van der Waals surface area contributed by atoms with Gasteiger partial charge in [0.2, 0.25) is 5.91 Å². The first-order chi connectivity index (χ1) is 8.54. The largest absolute Gasteiger partial charge is 0.492 e. The molecule has 0 saturated heterocycles. The molecule has 1 amide bonds. The molecule has 0 N–H and O–H groups in total. The second-order valence-electron chi connectivity index (χ2n) is 4.48. The van der Waals surface area contributed by atoms with Crippen LogP contribution >= 0.6 is 11.6 Å². The van der Waals surface area contributed by atoms with Gasteiger partial charge in [-0.25, -0.2) is 0 Å². The van der Waals surface area contributed by atoms with E-state index in [4.69, 9.17) is 16.3 Å². The van der Waals surface area contributed by atoms with Crippen molar-refractivity contribution in [2.24, 2.45) is 5.92 Å². The van der Waals surface area contributed by atoms with E-state index < -0.39 is 0 Å². The van der Waals surface area contributed by atoms with Gasteiger partial charge in [-0.2, -0.15) is 0 Å². The Balaban J connectivity index is 2.33. The Hall–Kier alpha value is -1.22. The highest BCUT2D eigenvalue weighted by molar-refractivity contribution is 6.19. The average Bonchev–Trinajstić information content (AvgIpc) is 2.39. The highest BCUT2D eigenvalue weighted by Gasteiger charge is 2.15. The van der Waals surface area contributed by atoms with Crippen LogP contribution in [0.1, 0.15) is 12.5 Å². The van der Waals surface area contributed by atoms with Crippen LogP contribution in [0.15, 0.2) is 24.3 Å². The van der Waals surface area contributed by atoms with Crippen LogP contribution < -0.4 is 4.74 Å². The minimum Gasteiger partial charge on any atom is -0.492 e. The predicted molar refractivity (Wildman–Crippen MR) is 74.2 cm³/mol. The minimum atomic E-state index is -0.143. The van der Waals surface area contributed by atoms with E-state index in [1.54, 1.807) is 11.9 Å². The van der Waals surface area contributed by atoms with Crippen molar-refractivity contribution in [2.75, 3.05) is 26.1 Å². The number of benzene rings is 1. The van der Waals surface area contributed by atoms with E-state index in [1.807, 2.05) is 38.1 Å². The fraction of sp³-hybridized carbons (Fsp3) is 0.500. The number of hydrogen-bond donors (Lipinski definition) is 0. The molecule has 0 saturated carbocycles. The van der Waals surface area contributed by atoms with Crippen molar-refractivity contribution >= 4 is 17.5 Å². The van der Waals surface area contributed by atoms with Crippen molar-refractivity contribution in [3.05, 3.63) is 29.8 Å². The van der Waals surface area contributed by atoms with Crippen LogP contribution in [-0.2, 0) is 4.79 Å². The molecule has 1 unspecified atom stereocenters. The number of carbonyl (C=O) groups excluding carboxylic acids is 1. The second kappa shape index (κ2) is 7.27. The second-order valence-corrected chi connectivity index (χ2v) is 4.79. The topological polar surface area (TPSA) is 29.5 Å². The summed E-state index contributed by atoms with van der Waals surface area (Å²) >= 11 is 5.66. The first kappa shape index (κ1) is 14.8. The van der Waals surface area contributed by atoms with Gasteiger partial charge in [0, 0.05) is 18.8 Å². The molecule has 0 aliphatic heterocycles. The van der Waals surface area contributed by atoms with Crippen LogP contribution in [0.25, 0.3) is 0 Å². The van der Waals surface area contributed by atoms with Crippen LogP contribution in [0.2, 0.25) is 0 Å². The van der Waals surface area contributed by atoms with Gasteiger partial charge in [0.15, 0.2) is 0 Å². The van der Waals surface area contributed by atoms with Crippen molar-refractivity contribution in [3.63, 3.8) is 0 Å². The van der Waals surface area contributed by atoms with Crippen molar-refractivity contribution < 1.29 is 9.53 Å². The van der Waals surface area contributed by atoms with Crippen molar-refractivity contribution in [3.8, 4) is 5.75 Å². The molecule has 0 heterocycles. The molecule has 0 aliphatic rings. The van der Waals surface area contributed by atoms with Gasteiger partial charge in [-0.1, -0.05) is 24.6 Å². The summed E-state index contributed by atoms with van der Waals surface area (Å²) in [6.45, 7) is 4.91. The molecule has 0 spiro atoms. The third-order valence-corrected chi connectivity index (χ3v) is 3.21. The number of hydrogen-bond acceptors (Lipinski definition) is 2. The third kappa shape index (κ3) is 4.57. The standard InChI is InChI=1S/C14H20ClNO2/c1-11-4-6-13(7-5-11)18-9-8-16(3)14(17)12(2)10-15/h4-7,12H,8-10H2,1-3H3. The molecule has 100 valence electrons. The monoisotopic (exact) mass is 269 g/mol. The third-order valence-electron chi connectivity index (χ3n) is 2.75. The fourth-order valence-electron chi connectivity index (χ4n) is 1.49. The molecule has 1 aromatic rings. The first-order valence-electron chi connectivity index (χ1n) is 6.05. The zero-order valence-corrected chi connectivity index (χ0v) is 11.9. The van der Waals surface area contributed by atoms with E-state index in [0.29, 0.717) is 19.0 Å². The number of ether oxygens (including phenoxy) is 1. The molecule has 0 bridgehead atoms. The highest BCUT2D eigenvalue weighted by atomic mass is 35.5. The lowest BCUT2D eigenvalue weighted by atomic mass is 10.2. The Morgan fingerprint density at radius 3 is 2.56 bits per heavy atom. The summed E-state index contributed by atoms with van der Waals surface area (Å²) in [6, 6.07) is 7.86. The quantitative estimate of drug-likeness (QED) is 0.743. The van der Waals surface area contributed by atoms with E-state index in [1.165, 1.54) is 5.56 Å². The Morgan fingerprint density at radius 2 is 2.00 bits per heavy atom. The Bertz CT molecular complexity index is 378. The molecule has 1 rings (SSSR count). The lowest BCUT2D eigenvalue weighted by Gasteiger charge is -2.20. The van der Waals surface area contributed by atoms with Crippen molar-refractivity contribution in [1.29, 1.82) is 0 Å². The Labute approximate surface area is 114 Å². The van der Waals surface area contributed by atoms with E-state index in [0.717, 1.165) is 5.75 Å². The number of rotatable bonds is 6. The summed E-state index contributed by atoms with van der Waals surface area (Å²) in [7, 11) is 1.77. The van der Waals surface area contributed by atoms with Crippen LogP contribution in [0.4, 0.5) is 0 Å². The molecule has 3 nitrogen and oxygen atoms in total. The predicted octanol–water partition coefficient (Wildman–Crippen LogP) is 2.71. The smallest absolute Gasteiger partial charge is 0.226 e. The fourth-order valence-corrected chi connectivity index (χ4v) is 1.62. The van der Waals surface area contributed by atoms with E-state index in [2.05, 4.69) is 0 Å². The Kier molecular flexibility index (Phi) is 5.99. The maximum atomic E-state index is 11.7. The molecule has 1 aromatic carbocycles. The van der Waals surface area contributed by atoms with Gasteiger partial charge >= 0.3 is 0 Å². The summed E-state index contributed by atoms with van der Waals surface area (Å²) in [5.41, 5.74) is 1.20. The lowest BCUT2D eigenvalue weighted by Crippen LogP contribution is -2.35. The van der Waals surface area contributed by atoms with Gasteiger partial charge in [-0.3, -0.25) is 4.79 Å². The molecular formula is C14H20ClNO2. The maximum absolute atomic E-state index is 11.7. The summed E-state index contributed by atoms with van der Waals surface area (Å²) in [6.07, 6.45) is 0. The van der Waals surface area contributed by atoms with E-state index >= 15 is 0 Å². The van der Waals surface area contributed by atoms with Crippen LogP contribution in [0.5, 0.6) is 5.75 Å². The summed E-state index contributed by atoms with van der Waals surface area (Å²) in [5.74, 6) is 1.09. The normalized spacial score (nSPS) is 12.0. The van der Waals surface area contributed by atoms with Gasteiger partial charge < -0.3 is 9.64 Å². The zero-order chi connectivity index (χ0) is 13.5. The molecule has 0 radical (unpaired) electrons. The van der Waals surface area contributed by atoms with Crippen molar-refractivity contribution in [2.45, 2.75) is 13.8 Å². The average molecular weight is 270 g/mol. The lowest BCUT2D eigenvalue weighted by molar-refractivity contribution is -0.133. The molecule has 0 aliphatic carbocycles. The summed E-state index contributed by atoms with van der Waals surface area (Å²) in [4.78, 5) is 13.4. The Morgan fingerprint density at radius 1 is 1.39 bits per heavy atom.